The second kappa shape index (κ2) is 9.08. The molecular formula is C18H26N4O2. The van der Waals surface area contributed by atoms with Gasteiger partial charge in [-0.3, -0.25) is 10.00 Å². The third-order valence-corrected chi connectivity index (χ3v) is 3.94. The summed E-state index contributed by atoms with van der Waals surface area (Å²) in [7, 11) is 1.81. The molecule has 2 aromatic rings. The van der Waals surface area contributed by atoms with Crippen LogP contribution in [0, 0.1) is 0 Å². The number of aliphatic hydroxyl groups excluding tert-OH is 1. The predicted molar refractivity (Wildman–Crippen MR) is 95.1 cm³/mol. The van der Waals surface area contributed by atoms with Crippen molar-refractivity contribution in [3.8, 4) is 0 Å². The monoisotopic (exact) mass is 330 g/mol. The van der Waals surface area contributed by atoms with Crippen LogP contribution in [0.25, 0.3) is 0 Å². The van der Waals surface area contributed by atoms with E-state index in [9.17, 15) is 9.90 Å². The number of hydrogen-bond acceptors (Lipinski definition) is 3. The highest BCUT2D eigenvalue weighted by Gasteiger charge is 2.13. The van der Waals surface area contributed by atoms with Gasteiger partial charge in [-0.1, -0.05) is 43.7 Å². The fourth-order valence-corrected chi connectivity index (χ4v) is 2.67. The molecule has 130 valence electrons. The number of carbonyl (C=O) groups is 1. The van der Waals surface area contributed by atoms with Crippen molar-refractivity contribution in [3.63, 3.8) is 0 Å². The summed E-state index contributed by atoms with van der Waals surface area (Å²) in [6, 6.07) is 11.5. The molecule has 3 N–H and O–H groups in total. The number of nitrogens with zero attached hydrogens (tertiary/aromatic N) is 2. The van der Waals surface area contributed by atoms with Gasteiger partial charge in [0, 0.05) is 32.2 Å². The third-order valence-electron chi connectivity index (χ3n) is 3.94. The molecule has 2 rings (SSSR count). The standard InChI is InChI=1S/C18H26N4O2/c1-3-7-16-12-17(22(2)21-16)20-18(24)19-13-15(10-11-23)14-8-5-4-6-9-14/h4-6,8-9,12,15,23H,3,7,10-11,13H2,1-2H3,(H2,19,20,24). The summed E-state index contributed by atoms with van der Waals surface area (Å²) in [5, 5.41) is 19.3. The quantitative estimate of drug-likeness (QED) is 0.696. The normalized spacial score (nSPS) is 12.0. The third kappa shape index (κ3) is 5.09. The highest BCUT2D eigenvalue weighted by Crippen LogP contribution is 2.18. The molecule has 1 heterocycles. The molecule has 0 fully saturated rings. The van der Waals surface area contributed by atoms with Crippen LogP contribution in [0.1, 0.15) is 36.9 Å². The molecule has 0 bridgehead atoms. The molecule has 0 aliphatic carbocycles. The molecule has 6 nitrogen and oxygen atoms in total. The lowest BCUT2D eigenvalue weighted by atomic mass is 9.96. The summed E-state index contributed by atoms with van der Waals surface area (Å²) < 4.78 is 1.67. The zero-order valence-electron chi connectivity index (χ0n) is 14.3. The average molecular weight is 330 g/mol. The maximum atomic E-state index is 12.1. The van der Waals surface area contributed by atoms with Crippen LogP contribution in [-0.4, -0.2) is 34.1 Å². The van der Waals surface area contributed by atoms with Gasteiger partial charge in [0.25, 0.3) is 0 Å². The number of amides is 2. The minimum absolute atomic E-state index is 0.0872. The molecule has 0 saturated heterocycles. The number of carbonyl (C=O) groups excluding carboxylic acids is 1. The number of aromatic nitrogens is 2. The molecule has 6 heteroatoms. The maximum Gasteiger partial charge on any atom is 0.320 e. The van der Waals surface area contributed by atoms with E-state index >= 15 is 0 Å². The highest BCUT2D eigenvalue weighted by molar-refractivity contribution is 5.88. The zero-order valence-corrected chi connectivity index (χ0v) is 14.3. The van der Waals surface area contributed by atoms with Gasteiger partial charge in [0.2, 0.25) is 0 Å². The average Bonchev–Trinajstić information content (AvgIpc) is 2.92. The largest absolute Gasteiger partial charge is 0.396 e. The maximum absolute atomic E-state index is 12.1. The van der Waals surface area contributed by atoms with Gasteiger partial charge in [0.1, 0.15) is 5.82 Å². The smallest absolute Gasteiger partial charge is 0.320 e. The number of aliphatic hydroxyl groups is 1. The lowest BCUT2D eigenvalue weighted by Crippen LogP contribution is -2.33. The fraction of sp³-hybridized carbons (Fsp3) is 0.444. The van der Waals surface area contributed by atoms with E-state index in [2.05, 4.69) is 22.7 Å². The van der Waals surface area contributed by atoms with Crippen molar-refractivity contribution in [3.05, 3.63) is 47.7 Å². The van der Waals surface area contributed by atoms with E-state index in [0.29, 0.717) is 18.8 Å². The SMILES string of the molecule is CCCc1cc(NC(=O)NCC(CCO)c2ccccc2)n(C)n1. The van der Waals surface area contributed by atoms with Crippen LogP contribution < -0.4 is 10.6 Å². The Kier molecular flexibility index (Phi) is 6.81. The molecule has 1 atom stereocenters. The van der Waals surface area contributed by atoms with E-state index in [1.807, 2.05) is 43.4 Å². The van der Waals surface area contributed by atoms with Gasteiger partial charge in [-0.25, -0.2) is 4.79 Å². The van der Waals surface area contributed by atoms with E-state index < -0.39 is 0 Å². The first-order chi connectivity index (χ1) is 11.6. The number of anilines is 1. The Balaban J connectivity index is 1.91. The molecule has 0 spiro atoms. The second-order valence-electron chi connectivity index (χ2n) is 5.85. The van der Waals surface area contributed by atoms with E-state index in [1.54, 1.807) is 4.68 Å². The predicted octanol–water partition coefficient (Wildman–Crippen LogP) is 2.66. The van der Waals surface area contributed by atoms with Crippen LogP contribution in [0.5, 0.6) is 0 Å². The molecule has 1 aromatic heterocycles. The van der Waals surface area contributed by atoms with Crippen LogP contribution >= 0.6 is 0 Å². The number of nitrogens with one attached hydrogen (secondary N) is 2. The summed E-state index contributed by atoms with van der Waals surface area (Å²) in [5.41, 5.74) is 2.08. The topological polar surface area (TPSA) is 79.2 Å². The lowest BCUT2D eigenvalue weighted by Gasteiger charge is -2.17. The van der Waals surface area contributed by atoms with Crippen molar-refractivity contribution in [1.29, 1.82) is 0 Å². The molecule has 0 aliphatic rings. The Labute approximate surface area is 142 Å². The van der Waals surface area contributed by atoms with Gasteiger partial charge in [-0.15, -0.1) is 0 Å². The zero-order chi connectivity index (χ0) is 17.4. The van der Waals surface area contributed by atoms with Crippen LogP contribution in [0.4, 0.5) is 10.6 Å². The van der Waals surface area contributed by atoms with Crippen molar-refractivity contribution >= 4 is 11.8 Å². The number of urea groups is 1. The van der Waals surface area contributed by atoms with E-state index in [1.165, 1.54) is 0 Å². The van der Waals surface area contributed by atoms with Crippen LogP contribution in [0.3, 0.4) is 0 Å². The van der Waals surface area contributed by atoms with Gasteiger partial charge in [0.05, 0.1) is 5.69 Å². The van der Waals surface area contributed by atoms with Gasteiger partial charge in [-0.2, -0.15) is 5.10 Å². The Bertz CT molecular complexity index is 640. The van der Waals surface area contributed by atoms with Crippen molar-refractivity contribution in [2.75, 3.05) is 18.5 Å². The Hall–Kier alpha value is -2.34. The van der Waals surface area contributed by atoms with Crippen molar-refractivity contribution in [2.24, 2.45) is 7.05 Å². The number of hydrogen-bond donors (Lipinski definition) is 3. The molecule has 0 aliphatic heterocycles. The van der Waals surface area contributed by atoms with E-state index in [4.69, 9.17) is 0 Å². The first-order valence-electron chi connectivity index (χ1n) is 8.37. The van der Waals surface area contributed by atoms with Crippen molar-refractivity contribution in [1.82, 2.24) is 15.1 Å². The van der Waals surface area contributed by atoms with Crippen LogP contribution in [0.2, 0.25) is 0 Å². The van der Waals surface area contributed by atoms with Crippen LogP contribution in [-0.2, 0) is 13.5 Å². The minimum atomic E-state index is -0.264. The molecule has 24 heavy (non-hydrogen) atoms. The van der Waals surface area contributed by atoms with Crippen LogP contribution in [0.15, 0.2) is 36.4 Å². The van der Waals surface area contributed by atoms with Crippen molar-refractivity contribution in [2.45, 2.75) is 32.1 Å². The number of rotatable bonds is 8. The number of benzene rings is 1. The summed E-state index contributed by atoms with van der Waals surface area (Å²) in [4.78, 5) is 12.1. The molecular weight excluding hydrogens is 304 g/mol. The molecule has 1 aromatic carbocycles. The van der Waals surface area contributed by atoms with Gasteiger partial charge >= 0.3 is 6.03 Å². The highest BCUT2D eigenvalue weighted by atomic mass is 16.3. The summed E-state index contributed by atoms with van der Waals surface area (Å²) >= 11 is 0. The summed E-state index contributed by atoms with van der Waals surface area (Å²) in [6.07, 6.45) is 2.52. The fourth-order valence-electron chi connectivity index (χ4n) is 2.67. The van der Waals surface area contributed by atoms with Gasteiger partial charge in [0.15, 0.2) is 0 Å². The Morgan fingerprint density at radius 1 is 1.33 bits per heavy atom. The van der Waals surface area contributed by atoms with E-state index in [-0.39, 0.29) is 18.6 Å². The lowest BCUT2D eigenvalue weighted by molar-refractivity contribution is 0.248. The second-order valence-corrected chi connectivity index (χ2v) is 5.85. The molecule has 0 radical (unpaired) electrons. The molecule has 0 saturated carbocycles. The number of aryl methyl sites for hydroxylation is 2. The first kappa shape index (κ1) is 18.0. The van der Waals surface area contributed by atoms with Gasteiger partial charge < -0.3 is 10.4 Å². The summed E-state index contributed by atoms with van der Waals surface area (Å²) in [6.45, 7) is 2.65. The summed E-state index contributed by atoms with van der Waals surface area (Å²) in [5.74, 6) is 0.763. The van der Waals surface area contributed by atoms with Gasteiger partial charge in [-0.05, 0) is 18.4 Å². The van der Waals surface area contributed by atoms with E-state index in [0.717, 1.165) is 24.1 Å². The van der Waals surface area contributed by atoms with Crippen molar-refractivity contribution < 1.29 is 9.90 Å². The molecule has 2 amide bonds. The Morgan fingerprint density at radius 3 is 2.75 bits per heavy atom. The first-order valence-corrected chi connectivity index (χ1v) is 8.37. The minimum Gasteiger partial charge on any atom is -0.396 e. The Morgan fingerprint density at radius 2 is 2.08 bits per heavy atom. The molecule has 1 unspecified atom stereocenters.